The Bertz CT molecular complexity index is 878. The Labute approximate surface area is 158 Å². The summed E-state index contributed by atoms with van der Waals surface area (Å²) in [5, 5.41) is 7.11. The lowest BCUT2D eigenvalue weighted by Crippen LogP contribution is -2.33. The topological polar surface area (TPSA) is 69.2 Å². The number of nitrogens with one attached hydrogen (secondary N) is 1. The van der Waals surface area contributed by atoms with E-state index in [0.29, 0.717) is 11.5 Å². The highest BCUT2D eigenvalue weighted by molar-refractivity contribution is 5.99. The number of fused-ring (bicyclic) bond motifs is 2. The molecule has 140 valence electrons. The van der Waals surface area contributed by atoms with E-state index in [-0.39, 0.29) is 25.3 Å². The van der Waals surface area contributed by atoms with Crippen molar-refractivity contribution in [2.75, 3.05) is 13.4 Å². The van der Waals surface area contributed by atoms with Crippen LogP contribution in [0.2, 0.25) is 0 Å². The second kappa shape index (κ2) is 7.70. The second-order valence-corrected chi connectivity index (χ2v) is 6.73. The first-order chi connectivity index (χ1) is 13.2. The lowest BCUT2D eigenvalue weighted by molar-refractivity contribution is -0.126. The highest BCUT2D eigenvalue weighted by Gasteiger charge is 2.21. The summed E-state index contributed by atoms with van der Waals surface area (Å²) >= 11 is 0. The molecular formula is C21H22N2O4. The number of ether oxygens (including phenoxy) is 2. The van der Waals surface area contributed by atoms with Gasteiger partial charge >= 0.3 is 0 Å². The number of carbonyl (C=O) groups is 1. The minimum Gasteiger partial charge on any atom is -0.454 e. The summed E-state index contributed by atoms with van der Waals surface area (Å²) < 4.78 is 10.7. The van der Waals surface area contributed by atoms with Crippen molar-refractivity contribution in [2.24, 2.45) is 5.16 Å². The van der Waals surface area contributed by atoms with Crippen molar-refractivity contribution in [3.8, 4) is 11.5 Å². The van der Waals surface area contributed by atoms with Crippen molar-refractivity contribution < 1.29 is 19.1 Å². The van der Waals surface area contributed by atoms with Crippen LogP contribution in [0.3, 0.4) is 0 Å². The molecule has 0 spiro atoms. The van der Waals surface area contributed by atoms with Gasteiger partial charge in [0, 0.05) is 5.56 Å². The summed E-state index contributed by atoms with van der Waals surface area (Å²) in [6, 6.07) is 13.9. The van der Waals surface area contributed by atoms with Gasteiger partial charge in [0.15, 0.2) is 18.1 Å². The third-order valence-electron chi connectivity index (χ3n) is 4.89. The zero-order valence-electron chi connectivity index (χ0n) is 15.2. The van der Waals surface area contributed by atoms with Crippen LogP contribution in [0.5, 0.6) is 11.5 Å². The average Bonchev–Trinajstić information content (AvgIpc) is 3.16. The molecule has 0 saturated heterocycles. The lowest BCUT2D eigenvalue weighted by Gasteiger charge is -2.26. The minimum atomic E-state index is -0.168. The number of hydrogen-bond donors (Lipinski definition) is 1. The summed E-state index contributed by atoms with van der Waals surface area (Å²) in [5.41, 5.74) is 4.05. The fourth-order valence-electron chi connectivity index (χ4n) is 3.50. The fourth-order valence-corrected chi connectivity index (χ4v) is 3.50. The number of oxime groups is 1. The molecule has 1 unspecified atom stereocenters. The summed E-state index contributed by atoms with van der Waals surface area (Å²) in [6.45, 7) is 1.95. The van der Waals surface area contributed by atoms with Crippen molar-refractivity contribution in [3.05, 3.63) is 59.2 Å². The summed E-state index contributed by atoms with van der Waals surface area (Å²) in [5.74, 6) is 1.24. The van der Waals surface area contributed by atoms with Gasteiger partial charge in [0.2, 0.25) is 6.79 Å². The molecule has 0 saturated carbocycles. The smallest absolute Gasteiger partial charge is 0.261 e. The van der Waals surface area contributed by atoms with Gasteiger partial charge in [-0.05, 0) is 55.5 Å². The van der Waals surface area contributed by atoms with Crippen molar-refractivity contribution in [1.29, 1.82) is 0 Å². The molecule has 27 heavy (non-hydrogen) atoms. The van der Waals surface area contributed by atoms with Crippen LogP contribution in [0, 0.1) is 0 Å². The molecule has 1 atom stereocenters. The SMILES string of the molecule is C/C(=N\OCC(=O)NC1CCCc2ccccc21)c1ccc2c(c1)OCO2. The van der Waals surface area contributed by atoms with Gasteiger partial charge in [-0.25, -0.2) is 0 Å². The van der Waals surface area contributed by atoms with E-state index in [4.69, 9.17) is 14.3 Å². The number of rotatable bonds is 5. The molecule has 2 aromatic carbocycles. The van der Waals surface area contributed by atoms with Gasteiger partial charge in [-0.1, -0.05) is 29.4 Å². The Kier molecular flexibility index (Phi) is 4.96. The average molecular weight is 366 g/mol. The Hall–Kier alpha value is -3.02. The largest absolute Gasteiger partial charge is 0.454 e. The molecular weight excluding hydrogens is 344 g/mol. The van der Waals surface area contributed by atoms with Crippen LogP contribution in [0.25, 0.3) is 0 Å². The summed E-state index contributed by atoms with van der Waals surface area (Å²) in [4.78, 5) is 17.5. The maximum absolute atomic E-state index is 12.3. The van der Waals surface area contributed by atoms with Crippen LogP contribution in [0.4, 0.5) is 0 Å². The molecule has 6 heteroatoms. The number of hydrogen-bond acceptors (Lipinski definition) is 5. The van der Waals surface area contributed by atoms with Crippen molar-refractivity contribution >= 4 is 11.6 Å². The first-order valence-corrected chi connectivity index (χ1v) is 9.14. The zero-order chi connectivity index (χ0) is 18.6. The van der Waals surface area contributed by atoms with Crippen LogP contribution in [-0.2, 0) is 16.1 Å². The minimum absolute atomic E-state index is 0.0463. The first kappa shape index (κ1) is 17.4. The Balaban J connectivity index is 1.33. The third-order valence-corrected chi connectivity index (χ3v) is 4.89. The number of amides is 1. The maximum Gasteiger partial charge on any atom is 0.261 e. The van der Waals surface area contributed by atoms with E-state index in [1.807, 2.05) is 37.3 Å². The van der Waals surface area contributed by atoms with Gasteiger partial charge in [-0.3, -0.25) is 4.79 Å². The van der Waals surface area contributed by atoms with Gasteiger partial charge in [-0.15, -0.1) is 0 Å². The predicted molar refractivity (Wildman–Crippen MR) is 101 cm³/mol. The van der Waals surface area contributed by atoms with Gasteiger partial charge in [0.1, 0.15) is 0 Å². The first-order valence-electron chi connectivity index (χ1n) is 9.14. The van der Waals surface area contributed by atoms with E-state index in [1.165, 1.54) is 11.1 Å². The van der Waals surface area contributed by atoms with Gasteiger partial charge in [0.05, 0.1) is 11.8 Å². The van der Waals surface area contributed by atoms with E-state index in [9.17, 15) is 4.79 Å². The van der Waals surface area contributed by atoms with E-state index in [2.05, 4.69) is 22.6 Å². The van der Waals surface area contributed by atoms with Crippen molar-refractivity contribution in [3.63, 3.8) is 0 Å². The molecule has 0 aromatic heterocycles. The third kappa shape index (κ3) is 3.89. The molecule has 0 fully saturated rings. The van der Waals surface area contributed by atoms with Crippen LogP contribution in [-0.4, -0.2) is 25.0 Å². The highest BCUT2D eigenvalue weighted by atomic mass is 16.7. The second-order valence-electron chi connectivity index (χ2n) is 6.73. The molecule has 0 radical (unpaired) electrons. The molecule has 1 aliphatic carbocycles. The molecule has 1 aliphatic heterocycles. The molecule has 4 rings (SSSR count). The standard InChI is InChI=1S/C21H22N2O4/c1-14(16-9-10-19-20(11-16)26-13-25-19)23-27-12-21(24)22-18-8-4-6-15-5-2-3-7-17(15)18/h2-3,5,7,9-11,18H,4,6,8,12-13H2,1H3,(H,22,24)/b23-14+. The van der Waals surface area contributed by atoms with Crippen molar-refractivity contribution in [1.82, 2.24) is 5.32 Å². The quantitative estimate of drug-likeness (QED) is 0.651. The molecule has 1 N–H and O–H groups in total. The number of nitrogens with zero attached hydrogens (tertiary/aromatic N) is 1. The Morgan fingerprint density at radius 3 is 3.00 bits per heavy atom. The molecule has 6 nitrogen and oxygen atoms in total. The van der Waals surface area contributed by atoms with E-state index in [0.717, 1.165) is 30.6 Å². The Morgan fingerprint density at radius 2 is 2.07 bits per heavy atom. The van der Waals surface area contributed by atoms with Crippen LogP contribution < -0.4 is 14.8 Å². The summed E-state index contributed by atoms with van der Waals surface area (Å²) in [7, 11) is 0. The fraction of sp³-hybridized carbons (Fsp3) is 0.333. The zero-order valence-corrected chi connectivity index (χ0v) is 15.2. The highest BCUT2D eigenvalue weighted by Crippen LogP contribution is 2.32. The lowest BCUT2D eigenvalue weighted by atomic mass is 9.88. The Morgan fingerprint density at radius 1 is 1.22 bits per heavy atom. The van der Waals surface area contributed by atoms with E-state index in [1.54, 1.807) is 0 Å². The van der Waals surface area contributed by atoms with Gasteiger partial charge in [0.25, 0.3) is 5.91 Å². The predicted octanol–water partition coefficient (Wildman–Crippen LogP) is 3.35. The van der Waals surface area contributed by atoms with Crippen molar-refractivity contribution in [2.45, 2.75) is 32.2 Å². The van der Waals surface area contributed by atoms with E-state index >= 15 is 0 Å². The van der Waals surface area contributed by atoms with Gasteiger partial charge in [-0.2, -0.15) is 0 Å². The monoisotopic (exact) mass is 366 g/mol. The van der Waals surface area contributed by atoms with Gasteiger partial charge < -0.3 is 19.6 Å². The molecule has 2 aliphatic rings. The maximum atomic E-state index is 12.3. The number of benzene rings is 2. The van der Waals surface area contributed by atoms with Crippen LogP contribution in [0.1, 0.15) is 42.5 Å². The molecule has 1 amide bonds. The number of aryl methyl sites for hydroxylation is 1. The molecule has 1 heterocycles. The normalized spacial score (nSPS) is 18.0. The van der Waals surface area contributed by atoms with Crippen LogP contribution in [0.15, 0.2) is 47.6 Å². The van der Waals surface area contributed by atoms with Crippen LogP contribution >= 0.6 is 0 Å². The molecule has 2 aromatic rings. The molecule has 0 bridgehead atoms. The summed E-state index contributed by atoms with van der Waals surface area (Å²) in [6.07, 6.45) is 3.09. The van der Waals surface area contributed by atoms with E-state index < -0.39 is 0 Å². The number of carbonyl (C=O) groups excluding carboxylic acids is 1.